The molecule has 0 bridgehead atoms. The third-order valence-corrected chi connectivity index (χ3v) is 8.65. The topological polar surface area (TPSA) is 104 Å². The van der Waals surface area contributed by atoms with E-state index in [2.05, 4.69) is 4.72 Å². The Morgan fingerprint density at radius 3 is 1.73 bits per heavy atom. The Morgan fingerprint density at radius 1 is 0.667 bits per heavy atom. The van der Waals surface area contributed by atoms with Gasteiger partial charge < -0.3 is 4.90 Å². The molecule has 33 heavy (non-hydrogen) atoms. The number of piperazine rings is 1. The van der Waals surface area contributed by atoms with Crippen LogP contribution in [-0.2, 0) is 20.0 Å². The maximum Gasteiger partial charge on any atom is 0.261 e. The van der Waals surface area contributed by atoms with Gasteiger partial charge in [-0.25, -0.2) is 16.8 Å². The quantitative estimate of drug-likeness (QED) is 0.578. The molecule has 4 rings (SSSR count). The van der Waals surface area contributed by atoms with Crippen molar-refractivity contribution in [2.75, 3.05) is 30.9 Å². The summed E-state index contributed by atoms with van der Waals surface area (Å²) < 4.78 is 54.3. The van der Waals surface area contributed by atoms with Crippen LogP contribution in [0.15, 0.2) is 94.7 Å². The van der Waals surface area contributed by atoms with Crippen molar-refractivity contribution in [3.05, 3.63) is 90.5 Å². The zero-order valence-electron chi connectivity index (χ0n) is 17.7. The molecule has 1 saturated heterocycles. The van der Waals surface area contributed by atoms with E-state index in [0.29, 0.717) is 11.3 Å². The first-order chi connectivity index (χ1) is 15.8. The van der Waals surface area contributed by atoms with Crippen molar-refractivity contribution in [1.29, 1.82) is 0 Å². The summed E-state index contributed by atoms with van der Waals surface area (Å²) in [6.07, 6.45) is 0. The number of hydrogen-bond acceptors (Lipinski definition) is 5. The van der Waals surface area contributed by atoms with Crippen LogP contribution in [0.25, 0.3) is 0 Å². The highest BCUT2D eigenvalue weighted by Gasteiger charge is 2.30. The molecule has 1 aliphatic rings. The second-order valence-corrected chi connectivity index (χ2v) is 11.1. The zero-order chi connectivity index (χ0) is 23.5. The molecule has 1 heterocycles. The summed E-state index contributed by atoms with van der Waals surface area (Å²) in [4.78, 5) is 14.8. The molecular formula is C23H23N3O5S2. The van der Waals surface area contributed by atoms with E-state index in [0.717, 1.165) is 0 Å². The molecule has 0 aliphatic carbocycles. The van der Waals surface area contributed by atoms with Crippen LogP contribution in [0.3, 0.4) is 0 Å². The molecule has 10 heteroatoms. The number of sulfonamides is 2. The Hall–Kier alpha value is -3.21. The predicted octanol–water partition coefficient (Wildman–Crippen LogP) is 2.63. The summed E-state index contributed by atoms with van der Waals surface area (Å²) in [7, 11) is -7.31. The monoisotopic (exact) mass is 485 g/mol. The van der Waals surface area contributed by atoms with Crippen molar-refractivity contribution in [1.82, 2.24) is 9.21 Å². The SMILES string of the molecule is O=C(c1ccc(NS(=O)(=O)c2ccccc2)cc1)N1CCN(S(=O)(=O)c2ccccc2)CC1. The number of hydrogen-bond donors (Lipinski definition) is 1. The Bertz CT molecular complexity index is 1320. The van der Waals surface area contributed by atoms with Crippen molar-refractivity contribution in [3.8, 4) is 0 Å². The summed E-state index contributed by atoms with van der Waals surface area (Å²) in [6.45, 7) is 0.955. The van der Waals surface area contributed by atoms with E-state index >= 15 is 0 Å². The Balaban J connectivity index is 1.38. The molecule has 8 nitrogen and oxygen atoms in total. The summed E-state index contributed by atoms with van der Waals surface area (Å²) in [5.74, 6) is -0.232. The minimum atomic E-state index is -3.72. The van der Waals surface area contributed by atoms with Crippen molar-refractivity contribution in [3.63, 3.8) is 0 Å². The van der Waals surface area contributed by atoms with Crippen molar-refractivity contribution in [2.45, 2.75) is 9.79 Å². The molecule has 0 saturated carbocycles. The Kier molecular flexibility index (Phi) is 6.50. The maximum atomic E-state index is 12.9. The van der Waals surface area contributed by atoms with Crippen molar-refractivity contribution >= 4 is 31.6 Å². The van der Waals surface area contributed by atoms with Crippen LogP contribution in [0.4, 0.5) is 5.69 Å². The summed E-state index contributed by atoms with van der Waals surface area (Å²) >= 11 is 0. The first kappa shape index (κ1) is 23.0. The van der Waals surface area contributed by atoms with Crippen LogP contribution >= 0.6 is 0 Å². The van der Waals surface area contributed by atoms with E-state index in [1.807, 2.05) is 0 Å². The fraction of sp³-hybridized carbons (Fsp3) is 0.174. The van der Waals surface area contributed by atoms with Gasteiger partial charge in [-0.15, -0.1) is 0 Å². The molecule has 1 amide bonds. The summed E-state index contributed by atoms with van der Waals surface area (Å²) in [5, 5.41) is 0. The van der Waals surface area contributed by atoms with E-state index in [9.17, 15) is 21.6 Å². The predicted molar refractivity (Wildman–Crippen MR) is 125 cm³/mol. The van der Waals surface area contributed by atoms with Gasteiger partial charge in [0, 0.05) is 37.4 Å². The first-order valence-electron chi connectivity index (χ1n) is 10.3. The van der Waals surface area contributed by atoms with Gasteiger partial charge in [0.1, 0.15) is 0 Å². The third kappa shape index (κ3) is 5.08. The molecule has 0 aromatic heterocycles. The second kappa shape index (κ2) is 9.34. The average Bonchev–Trinajstić information content (AvgIpc) is 2.85. The molecule has 3 aromatic rings. The van der Waals surface area contributed by atoms with E-state index in [1.165, 1.54) is 28.6 Å². The van der Waals surface area contributed by atoms with E-state index in [-0.39, 0.29) is 41.9 Å². The van der Waals surface area contributed by atoms with Gasteiger partial charge in [-0.2, -0.15) is 4.31 Å². The summed E-state index contributed by atoms with van der Waals surface area (Å²) in [6, 6.07) is 22.4. The zero-order valence-corrected chi connectivity index (χ0v) is 19.3. The fourth-order valence-electron chi connectivity index (χ4n) is 3.55. The standard InChI is InChI=1S/C23H23N3O5S2/c27-23(25-15-17-26(18-16-25)33(30,31)22-9-5-2-6-10-22)19-11-13-20(14-12-19)24-32(28,29)21-7-3-1-4-8-21/h1-14,24H,15-18H2. The van der Waals surface area contributed by atoms with Crippen molar-refractivity contribution in [2.24, 2.45) is 0 Å². The third-order valence-electron chi connectivity index (χ3n) is 5.34. The van der Waals surface area contributed by atoms with Crippen LogP contribution in [0.5, 0.6) is 0 Å². The van der Waals surface area contributed by atoms with Gasteiger partial charge in [0.25, 0.3) is 15.9 Å². The lowest BCUT2D eigenvalue weighted by atomic mass is 10.1. The Morgan fingerprint density at radius 2 is 1.18 bits per heavy atom. The van der Waals surface area contributed by atoms with Crippen LogP contribution in [0, 0.1) is 0 Å². The van der Waals surface area contributed by atoms with Gasteiger partial charge >= 0.3 is 0 Å². The highest BCUT2D eigenvalue weighted by Crippen LogP contribution is 2.20. The normalized spacial score (nSPS) is 15.2. The highest BCUT2D eigenvalue weighted by atomic mass is 32.2. The number of rotatable bonds is 6. The van der Waals surface area contributed by atoms with Crippen LogP contribution in [-0.4, -0.2) is 58.1 Å². The molecule has 1 aliphatic heterocycles. The van der Waals surface area contributed by atoms with Crippen LogP contribution in [0.1, 0.15) is 10.4 Å². The van der Waals surface area contributed by atoms with E-state index in [4.69, 9.17) is 0 Å². The lowest BCUT2D eigenvalue weighted by molar-refractivity contribution is 0.0698. The number of carbonyl (C=O) groups is 1. The number of benzene rings is 3. The lowest BCUT2D eigenvalue weighted by Gasteiger charge is -2.34. The van der Waals surface area contributed by atoms with Gasteiger partial charge in [-0.05, 0) is 48.5 Å². The molecule has 0 spiro atoms. The summed E-state index contributed by atoms with van der Waals surface area (Å²) in [5.41, 5.74) is 0.742. The molecule has 0 radical (unpaired) electrons. The Labute approximate surface area is 193 Å². The largest absolute Gasteiger partial charge is 0.336 e. The molecular weight excluding hydrogens is 462 g/mol. The lowest BCUT2D eigenvalue weighted by Crippen LogP contribution is -2.50. The number of nitrogens with one attached hydrogen (secondary N) is 1. The first-order valence-corrected chi connectivity index (χ1v) is 13.2. The number of nitrogens with zero attached hydrogens (tertiary/aromatic N) is 2. The molecule has 172 valence electrons. The molecule has 1 N–H and O–H groups in total. The molecule has 1 fully saturated rings. The van der Waals surface area contributed by atoms with Gasteiger partial charge in [-0.3, -0.25) is 9.52 Å². The van der Waals surface area contributed by atoms with Crippen LogP contribution in [0.2, 0.25) is 0 Å². The minimum absolute atomic E-state index is 0.147. The fourth-order valence-corrected chi connectivity index (χ4v) is 6.07. The van der Waals surface area contributed by atoms with E-state index < -0.39 is 20.0 Å². The number of amides is 1. The maximum absolute atomic E-state index is 12.9. The van der Waals surface area contributed by atoms with Gasteiger partial charge in [0.15, 0.2) is 0 Å². The number of anilines is 1. The van der Waals surface area contributed by atoms with E-state index in [1.54, 1.807) is 65.6 Å². The van der Waals surface area contributed by atoms with Gasteiger partial charge in [0.05, 0.1) is 9.79 Å². The second-order valence-electron chi connectivity index (χ2n) is 7.51. The number of carbonyl (C=O) groups excluding carboxylic acids is 1. The van der Waals surface area contributed by atoms with Crippen molar-refractivity contribution < 1.29 is 21.6 Å². The van der Waals surface area contributed by atoms with Gasteiger partial charge in [0.2, 0.25) is 10.0 Å². The molecule has 0 atom stereocenters. The smallest absolute Gasteiger partial charge is 0.261 e. The van der Waals surface area contributed by atoms with Crippen LogP contribution < -0.4 is 4.72 Å². The highest BCUT2D eigenvalue weighted by molar-refractivity contribution is 7.92. The van der Waals surface area contributed by atoms with Gasteiger partial charge in [-0.1, -0.05) is 36.4 Å². The molecule has 3 aromatic carbocycles. The minimum Gasteiger partial charge on any atom is -0.336 e. The molecule has 0 unspecified atom stereocenters. The average molecular weight is 486 g/mol.